The number of rotatable bonds is 6. The molecule has 1 amide bonds. The second kappa shape index (κ2) is 6.81. The molecule has 7 heteroatoms. The molecule has 0 spiro atoms. The van der Waals surface area contributed by atoms with Crippen molar-refractivity contribution in [1.82, 2.24) is 10.0 Å². The molecule has 0 aliphatic heterocycles. The van der Waals surface area contributed by atoms with E-state index in [0.717, 1.165) is 18.6 Å². The van der Waals surface area contributed by atoms with E-state index in [-0.39, 0.29) is 23.0 Å². The van der Waals surface area contributed by atoms with E-state index < -0.39 is 21.7 Å². The third-order valence-corrected chi connectivity index (χ3v) is 4.28. The van der Waals surface area contributed by atoms with Gasteiger partial charge in [-0.15, -0.1) is 0 Å². The number of carbonyl (C=O) groups is 1. The molecule has 5 nitrogen and oxygen atoms in total. The number of sulfonamides is 1. The average Bonchev–Trinajstić information content (AvgIpc) is 2.39. The summed E-state index contributed by atoms with van der Waals surface area (Å²) in [4.78, 5) is 11.5. The number of carbonyl (C=O) groups excluding carboxylic acids is 1. The van der Waals surface area contributed by atoms with Crippen molar-refractivity contribution in [2.45, 2.75) is 38.1 Å². The maximum absolute atomic E-state index is 13.1. The number of hydrogen-bond donors (Lipinski definition) is 2. The Bertz CT molecular complexity index is 587. The highest BCUT2D eigenvalue weighted by Crippen LogP contribution is 2.13. The lowest BCUT2D eigenvalue weighted by Gasteiger charge is -2.12. The summed E-state index contributed by atoms with van der Waals surface area (Å²) in [7, 11) is -3.81. The van der Waals surface area contributed by atoms with Crippen LogP contribution in [0.4, 0.5) is 4.39 Å². The lowest BCUT2D eigenvalue weighted by atomic mass is 10.2. The summed E-state index contributed by atoms with van der Waals surface area (Å²) < 4.78 is 39.2. The Morgan fingerprint density at radius 2 is 2.05 bits per heavy atom. The number of halogens is 1. The van der Waals surface area contributed by atoms with Crippen molar-refractivity contribution < 1.29 is 17.6 Å². The summed E-state index contributed by atoms with van der Waals surface area (Å²) >= 11 is 0. The van der Waals surface area contributed by atoms with Gasteiger partial charge in [-0.3, -0.25) is 4.79 Å². The van der Waals surface area contributed by atoms with Crippen LogP contribution in [0.25, 0.3) is 0 Å². The quantitative estimate of drug-likeness (QED) is 0.832. The highest BCUT2D eigenvalue weighted by molar-refractivity contribution is 7.89. The van der Waals surface area contributed by atoms with Crippen LogP contribution in [0.3, 0.4) is 0 Å². The minimum absolute atomic E-state index is 0.0138. The second-order valence-electron chi connectivity index (χ2n) is 4.61. The lowest BCUT2D eigenvalue weighted by Crippen LogP contribution is -2.40. The van der Waals surface area contributed by atoms with Crippen LogP contribution in [-0.2, 0) is 14.8 Å². The van der Waals surface area contributed by atoms with Crippen molar-refractivity contribution in [1.29, 1.82) is 0 Å². The predicted octanol–water partition coefficient (Wildman–Crippen LogP) is 1.33. The SMILES string of the molecule is CCC(C)NC(=O)CNS(=O)(=O)c1ccc(F)c(C)c1. The standard InChI is InChI=1S/C13H19FN2O3S/c1-4-10(3)16-13(17)8-15-20(18,19)11-5-6-12(14)9(2)7-11/h5-7,10,15H,4,8H2,1-3H3,(H,16,17). The highest BCUT2D eigenvalue weighted by Gasteiger charge is 2.17. The molecule has 0 bridgehead atoms. The lowest BCUT2D eigenvalue weighted by molar-refractivity contribution is -0.120. The molecular formula is C13H19FN2O3S. The Hall–Kier alpha value is -1.47. The third kappa shape index (κ3) is 4.57. The van der Waals surface area contributed by atoms with Crippen LogP contribution in [0, 0.1) is 12.7 Å². The van der Waals surface area contributed by atoms with Gasteiger partial charge < -0.3 is 5.32 Å². The summed E-state index contributed by atoms with van der Waals surface area (Å²) in [5.74, 6) is -0.875. The summed E-state index contributed by atoms with van der Waals surface area (Å²) in [5.41, 5.74) is 0.233. The zero-order chi connectivity index (χ0) is 15.3. The van der Waals surface area contributed by atoms with Crippen LogP contribution in [0.1, 0.15) is 25.8 Å². The Labute approximate surface area is 118 Å². The number of hydrogen-bond acceptors (Lipinski definition) is 3. The molecule has 0 saturated carbocycles. The molecule has 0 saturated heterocycles. The van der Waals surface area contributed by atoms with Crippen molar-refractivity contribution in [2.24, 2.45) is 0 Å². The van der Waals surface area contributed by atoms with Gasteiger partial charge in [0.25, 0.3) is 0 Å². The first-order chi connectivity index (χ1) is 9.26. The molecule has 20 heavy (non-hydrogen) atoms. The van der Waals surface area contributed by atoms with E-state index in [0.29, 0.717) is 0 Å². The zero-order valence-electron chi connectivity index (χ0n) is 11.7. The van der Waals surface area contributed by atoms with Gasteiger partial charge in [0, 0.05) is 6.04 Å². The molecule has 2 N–H and O–H groups in total. The van der Waals surface area contributed by atoms with Crippen molar-refractivity contribution in [3.05, 3.63) is 29.6 Å². The smallest absolute Gasteiger partial charge is 0.241 e. The highest BCUT2D eigenvalue weighted by atomic mass is 32.2. The maximum Gasteiger partial charge on any atom is 0.241 e. The van der Waals surface area contributed by atoms with E-state index in [1.165, 1.54) is 13.0 Å². The van der Waals surface area contributed by atoms with Gasteiger partial charge in [-0.05, 0) is 44.0 Å². The Kier molecular flexibility index (Phi) is 5.64. The van der Waals surface area contributed by atoms with Crippen LogP contribution >= 0.6 is 0 Å². The Morgan fingerprint density at radius 3 is 2.60 bits per heavy atom. The zero-order valence-corrected chi connectivity index (χ0v) is 12.6. The average molecular weight is 302 g/mol. The van der Waals surface area contributed by atoms with E-state index >= 15 is 0 Å². The molecule has 0 radical (unpaired) electrons. The molecule has 1 aromatic carbocycles. The first-order valence-electron chi connectivity index (χ1n) is 6.31. The Morgan fingerprint density at radius 1 is 1.40 bits per heavy atom. The molecule has 0 aromatic heterocycles. The number of benzene rings is 1. The third-order valence-electron chi connectivity index (χ3n) is 2.88. The monoisotopic (exact) mass is 302 g/mol. The van der Waals surface area contributed by atoms with Gasteiger partial charge in [0.1, 0.15) is 5.82 Å². The second-order valence-corrected chi connectivity index (χ2v) is 6.38. The molecule has 112 valence electrons. The molecule has 0 aliphatic rings. The van der Waals surface area contributed by atoms with Crippen molar-refractivity contribution >= 4 is 15.9 Å². The van der Waals surface area contributed by atoms with Gasteiger partial charge in [-0.2, -0.15) is 0 Å². The first-order valence-corrected chi connectivity index (χ1v) is 7.79. The number of aryl methyl sites for hydroxylation is 1. The van der Waals surface area contributed by atoms with E-state index in [4.69, 9.17) is 0 Å². The van der Waals surface area contributed by atoms with Gasteiger partial charge in [-0.25, -0.2) is 17.5 Å². The maximum atomic E-state index is 13.1. The van der Waals surface area contributed by atoms with E-state index in [1.54, 1.807) is 0 Å². The molecule has 0 aliphatic carbocycles. The molecule has 0 fully saturated rings. The van der Waals surface area contributed by atoms with Crippen molar-refractivity contribution in [2.75, 3.05) is 6.54 Å². The van der Waals surface area contributed by atoms with Gasteiger partial charge >= 0.3 is 0 Å². The van der Waals surface area contributed by atoms with Gasteiger partial charge in [0.2, 0.25) is 15.9 Å². The topological polar surface area (TPSA) is 75.3 Å². The number of amides is 1. The van der Waals surface area contributed by atoms with E-state index in [1.807, 2.05) is 13.8 Å². The van der Waals surface area contributed by atoms with Gasteiger partial charge in [0.15, 0.2) is 0 Å². The normalized spacial score (nSPS) is 13.0. The summed E-state index contributed by atoms with van der Waals surface area (Å²) in [6.07, 6.45) is 0.760. The van der Waals surface area contributed by atoms with Crippen LogP contribution in [0.5, 0.6) is 0 Å². The Balaban J connectivity index is 2.70. The largest absolute Gasteiger partial charge is 0.353 e. The molecule has 1 atom stereocenters. The van der Waals surface area contributed by atoms with Crippen LogP contribution in [0.15, 0.2) is 23.1 Å². The van der Waals surface area contributed by atoms with E-state index in [2.05, 4.69) is 10.0 Å². The molecule has 1 rings (SSSR count). The summed E-state index contributed by atoms with van der Waals surface area (Å²) in [6, 6.07) is 3.46. The predicted molar refractivity (Wildman–Crippen MR) is 74.2 cm³/mol. The van der Waals surface area contributed by atoms with E-state index in [9.17, 15) is 17.6 Å². The number of nitrogens with one attached hydrogen (secondary N) is 2. The molecule has 1 aromatic rings. The van der Waals surface area contributed by atoms with Crippen molar-refractivity contribution in [3.8, 4) is 0 Å². The van der Waals surface area contributed by atoms with Crippen molar-refractivity contribution in [3.63, 3.8) is 0 Å². The molecule has 1 unspecified atom stereocenters. The fraction of sp³-hybridized carbons (Fsp3) is 0.462. The summed E-state index contributed by atoms with van der Waals surface area (Å²) in [6.45, 7) is 4.87. The first kappa shape index (κ1) is 16.6. The van der Waals surface area contributed by atoms with Crippen LogP contribution in [-0.4, -0.2) is 26.9 Å². The van der Waals surface area contributed by atoms with Gasteiger partial charge in [0.05, 0.1) is 11.4 Å². The van der Waals surface area contributed by atoms with Crippen LogP contribution < -0.4 is 10.0 Å². The molecular weight excluding hydrogens is 283 g/mol. The minimum Gasteiger partial charge on any atom is -0.353 e. The summed E-state index contributed by atoms with van der Waals surface area (Å²) in [5, 5.41) is 2.65. The minimum atomic E-state index is -3.81. The van der Waals surface area contributed by atoms with Crippen LogP contribution in [0.2, 0.25) is 0 Å². The van der Waals surface area contributed by atoms with Gasteiger partial charge in [-0.1, -0.05) is 6.92 Å². The fourth-order valence-electron chi connectivity index (χ4n) is 1.46. The fourth-order valence-corrected chi connectivity index (χ4v) is 2.52. The molecule has 0 heterocycles.